The Balaban J connectivity index is 1.38. The van der Waals surface area contributed by atoms with Crippen LogP contribution >= 0.6 is 11.3 Å². The lowest BCUT2D eigenvalue weighted by atomic mass is 9.79. The number of nitrogens with one attached hydrogen (secondary N) is 2. The largest absolute Gasteiger partial charge is 0.458 e. The lowest BCUT2D eigenvalue weighted by Crippen LogP contribution is -2.29. The number of non-ortho nitro benzene ring substituents is 1. The molecule has 10 heteroatoms. The van der Waals surface area contributed by atoms with Gasteiger partial charge in [-0.15, -0.1) is 11.3 Å². The van der Waals surface area contributed by atoms with E-state index in [1.54, 1.807) is 48.1 Å². The molecule has 0 saturated carbocycles. The van der Waals surface area contributed by atoms with Crippen molar-refractivity contribution in [1.29, 1.82) is 0 Å². The van der Waals surface area contributed by atoms with Gasteiger partial charge in [0.1, 0.15) is 12.4 Å². The number of aromatic amines is 1. The Kier molecular flexibility index (Phi) is 7.97. The Labute approximate surface area is 235 Å². The zero-order chi connectivity index (χ0) is 28.1. The summed E-state index contributed by atoms with van der Waals surface area (Å²) in [7, 11) is 0. The maximum absolute atomic E-state index is 13.5. The van der Waals surface area contributed by atoms with Gasteiger partial charge in [-0.3, -0.25) is 15.1 Å². The number of thiophene rings is 1. The van der Waals surface area contributed by atoms with Gasteiger partial charge in [0.2, 0.25) is 0 Å². The number of H-pyrrole nitrogens is 1. The van der Waals surface area contributed by atoms with Crippen LogP contribution in [0.25, 0.3) is 11.6 Å². The third-order valence-electron chi connectivity index (χ3n) is 6.51. The summed E-state index contributed by atoms with van der Waals surface area (Å²) in [4.78, 5) is 38.8. The molecule has 4 heterocycles. The van der Waals surface area contributed by atoms with Crippen molar-refractivity contribution in [1.82, 2.24) is 20.3 Å². The molecular weight excluding hydrogens is 526 g/mol. The Bertz CT molecular complexity index is 1620. The van der Waals surface area contributed by atoms with Crippen molar-refractivity contribution in [2.75, 3.05) is 6.61 Å². The van der Waals surface area contributed by atoms with E-state index < -0.39 is 16.8 Å². The number of rotatable bonds is 9. The second-order valence-electron chi connectivity index (χ2n) is 9.22. The SMILES string of the molecule is CC1=C(C(=O)OC/C=C/c2ccc(Cc3ncc[nH]3)s2)C(c2cccc([N+](=O)[O-])c2)C(c2ccccn2)=C(C)N1. The second kappa shape index (κ2) is 11.9. The van der Waals surface area contributed by atoms with Crippen LogP contribution in [0.1, 0.15) is 46.6 Å². The number of carbonyl (C=O) groups excluding carboxylic acids is 1. The van der Waals surface area contributed by atoms with Crippen molar-refractivity contribution in [2.45, 2.75) is 26.2 Å². The summed E-state index contributed by atoms with van der Waals surface area (Å²) in [6.07, 6.45) is 9.67. The number of hydrogen-bond acceptors (Lipinski definition) is 8. The average Bonchev–Trinajstić information content (AvgIpc) is 3.63. The molecule has 1 aliphatic heterocycles. The van der Waals surface area contributed by atoms with Crippen LogP contribution in [0.5, 0.6) is 0 Å². The first-order chi connectivity index (χ1) is 19.4. The molecule has 3 aromatic heterocycles. The molecule has 2 N–H and O–H groups in total. The first-order valence-corrected chi connectivity index (χ1v) is 13.5. The number of allylic oxidation sites excluding steroid dienone is 3. The van der Waals surface area contributed by atoms with Gasteiger partial charge >= 0.3 is 5.97 Å². The van der Waals surface area contributed by atoms with E-state index in [1.165, 1.54) is 17.0 Å². The van der Waals surface area contributed by atoms with Crippen LogP contribution in [0.2, 0.25) is 0 Å². The summed E-state index contributed by atoms with van der Waals surface area (Å²) in [5.74, 6) is -0.200. The van der Waals surface area contributed by atoms with E-state index >= 15 is 0 Å². The number of pyridine rings is 1. The van der Waals surface area contributed by atoms with Crippen molar-refractivity contribution >= 4 is 34.6 Å². The summed E-state index contributed by atoms with van der Waals surface area (Å²) in [6.45, 7) is 3.79. The van der Waals surface area contributed by atoms with E-state index in [0.717, 1.165) is 28.4 Å². The molecule has 202 valence electrons. The van der Waals surface area contributed by atoms with Crippen LogP contribution in [0, 0.1) is 10.1 Å². The van der Waals surface area contributed by atoms with Crippen molar-refractivity contribution in [3.63, 3.8) is 0 Å². The fraction of sp³-hybridized carbons (Fsp3) is 0.167. The zero-order valence-electron chi connectivity index (χ0n) is 22.0. The molecule has 0 bridgehead atoms. The normalized spacial score (nSPS) is 15.4. The maximum atomic E-state index is 13.5. The highest BCUT2D eigenvalue weighted by molar-refractivity contribution is 7.12. The number of esters is 1. The third-order valence-corrected chi connectivity index (χ3v) is 7.56. The van der Waals surface area contributed by atoms with E-state index in [0.29, 0.717) is 22.5 Å². The topological polar surface area (TPSA) is 123 Å². The van der Waals surface area contributed by atoms with Crippen molar-refractivity contribution in [2.24, 2.45) is 0 Å². The summed E-state index contributed by atoms with van der Waals surface area (Å²) in [5.41, 5.74) is 3.82. The number of carbonyl (C=O) groups is 1. The number of imidazole rings is 1. The maximum Gasteiger partial charge on any atom is 0.337 e. The molecule has 9 nitrogen and oxygen atoms in total. The average molecular weight is 554 g/mol. The summed E-state index contributed by atoms with van der Waals surface area (Å²) >= 11 is 1.64. The minimum Gasteiger partial charge on any atom is -0.458 e. The number of benzene rings is 1. The molecule has 0 saturated heterocycles. The van der Waals surface area contributed by atoms with Crippen molar-refractivity contribution in [3.05, 3.63) is 133 Å². The molecule has 40 heavy (non-hydrogen) atoms. The molecule has 0 fully saturated rings. The van der Waals surface area contributed by atoms with Crippen LogP contribution < -0.4 is 5.32 Å². The zero-order valence-corrected chi connectivity index (χ0v) is 22.8. The van der Waals surface area contributed by atoms with Crippen molar-refractivity contribution < 1.29 is 14.5 Å². The summed E-state index contributed by atoms with van der Waals surface area (Å²) in [6, 6.07) is 16.0. The third kappa shape index (κ3) is 5.92. The number of nitrogens with zero attached hydrogens (tertiary/aromatic N) is 3. The van der Waals surface area contributed by atoms with Crippen LogP contribution in [-0.4, -0.2) is 32.5 Å². The molecule has 0 amide bonds. The minimum absolute atomic E-state index is 0.0512. The molecule has 1 aliphatic rings. The van der Waals surface area contributed by atoms with Gasteiger partial charge in [-0.1, -0.05) is 18.2 Å². The molecule has 0 radical (unpaired) electrons. The quantitative estimate of drug-likeness (QED) is 0.148. The minimum atomic E-state index is -0.603. The highest BCUT2D eigenvalue weighted by atomic mass is 32.1. The molecule has 0 aliphatic carbocycles. The summed E-state index contributed by atoms with van der Waals surface area (Å²) in [5, 5.41) is 14.9. The number of nitro groups is 1. The van der Waals surface area contributed by atoms with E-state index in [4.69, 9.17) is 4.74 Å². The number of ether oxygens (including phenoxy) is 1. The predicted molar refractivity (Wildman–Crippen MR) is 154 cm³/mol. The van der Waals surface area contributed by atoms with E-state index in [2.05, 4.69) is 26.3 Å². The predicted octanol–water partition coefficient (Wildman–Crippen LogP) is 6.01. The van der Waals surface area contributed by atoms with E-state index in [9.17, 15) is 14.9 Å². The van der Waals surface area contributed by atoms with Gasteiger partial charge in [-0.25, -0.2) is 9.78 Å². The molecule has 1 unspecified atom stereocenters. The van der Waals surface area contributed by atoms with Gasteiger partial charge in [-0.2, -0.15) is 0 Å². The first-order valence-electron chi connectivity index (χ1n) is 12.7. The number of aromatic nitrogens is 3. The molecule has 5 rings (SSSR count). The smallest absolute Gasteiger partial charge is 0.337 e. The van der Waals surface area contributed by atoms with E-state index in [1.807, 2.05) is 44.2 Å². The summed E-state index contributed by atoms with van der Waals surface area (Å²) < 4.78 is 5.70. The highest BCUT2D eigenvalue weighted by Crippen LogP contribution is 2.43. The molecule has 1 aromatic carbocycles. The Morgan fingerprint density at radius 2 is 1.98 bits per heavy atom. The Hall–Kier alpha value is -4.83. The van der Waals surface area contributed by atoms with Gasteiger partial charge in [0, 0.05) is 69.8 Å². The van der Waals surface area contributed by atoms with Gasteiger partial charge in [-0.05, 0) is 55.8 Å². The molecule has 4 aromatic rings. The Morgan fingerprint density at radius 1 is 1.10 bits per heavy atom. The fourth-order valence-corrected chi connectivity index (χ4v) is 5.73. The lowest BCUT2D eigenvalue weighted by Gasteiger charge is -2.31. The van der Waals surface area contributed by atoms with Crippen LogP contribution in [-0.2, 0) is 16.0 Å². The lowest BCUT2D eigenvalue weighted by molar-refractivity contribution is -0.384. The standard InChI is InChI=1S/C30H27N5O4S/c1-19-27(25-10-3-4-13-31-25)29(21-7-5-8-22(17-21)35(37)38)28(20(2)34-19)30(36)39-16-6-9-23-11-12-24(40-23)18-26-32-14-15-33-26/h3-15,17,29,34H,16,18H2,1-2H3,(H,32,33)/b9-6+. The number of hydrogen-bond donors (Lipinski definition) is 2. The van der Waals surface area contributed by atoms with Crippen LogP contribution in [0.15, 0.2) is 96.2 Å². The number of nitro benzene ring substituents is 1. The van der Waals surface area contributed by atoms with Gasteiger partial charge in [0.25, 0.3) is 5.69 Å². The molecule has 0 spiro atoms. The van der Waals surface area contributed by atoms with E-state index in [-0.39, 0.29) is 12.3 Å². The van der Waals surface area contributed by atoms with Gasteiger partial charge < -0.3 is 15.0 Å². The second-order valence-corrected chi connectivity index (χ2v) is 10.4. The first kappa shape index (κ1) is 26.8. The molecular formula is C30H27N5O4S. The highest BCUT2D eigenvalue weighted by Gasteiger charge is 2.35. The van der Waals surface area contributed by atoms with Crippen molar-refractivity contribution in [3.8, 4) is 0 Å². The monoisotopic (exact) mass is 553 g/mol. The fourth-order valence-electron chi connectivity index (χ4n) is 4.78. The Morgan fingerprint density at radius 3 is 2.73 bits per heavy atom. The molecule has 1 atom stereocenters. The van der Waals surface area contributed by atoms with Gasteiger partial charge in [0.15, 0.2) is 0 Å². The van der Waals surface area contributed by atoms with Gasteiger partial charge in [0.05, 0.1) is 16.2 Å². The number of dihydropyridines is 1. The van der Waals surface area contributed by atoms with Crippen LogP contribution in [0.4, 0.5) is 5.69 Å². The van der Waals surface area contributed by atoms with Crippen LogP contribution in [0.3, 0.4) is 0 Å².